The molecule has 10 aliphatic carbocycles. The predicted molar refractivity (Wildman–Crippen MR) is 494 cm³/mol. The quantitative estimate of drug-likeness (QED) is 0.0510. The Kier molecular flexibility index (Phi) is 27.4. The number of phenolic OH excluding ortho intramolecular Hbond substituents is 5. The Labute approximate surface area is 775 Å². The number of benzene rings is 5. The minimum absolute atomic E-state index is 0.117. The van der Waals surface area contributed by atoms with Gasteiger partial charge in [0.25, 0.3) is 0 Å². The molecule has 131 heavy (non-hydrogen) atoms. The van der Waals surface area contributed by atoms with Gasteiger partial charge in [0.2, 0.25) is 0 Å². The fraction of sp³-hybridized carbons (Fsp3) is 0.689. The molecule has 17 atom stereocenters. The molecule has 5 N–H and O–H groups in total. The van der Waals surface area contributed by atoms with E-state index in [4.69, 9.17) is 85.3 Å². The maximum Gasteiger partial charge on any atom is 0.194 e. The molecule has 4 saturated carbocycles. The average molecular weight is 1830 g/mol. The van der Waals surface area contributed by atoms with Gasteiger partial charge in [0.15, 0.2) is 80.6 Å². The van der Waals surface area contributed by atoms with Gasteiger partial charge in [0.05, 0.1) is 60.8 Å². The topological polar surface area (TPSA) is 283 Å². The van der Waals surface area contributed by atoms with Gasteiger partial charge in [-0.15, -0.1) is 0 Å². The summed E-state index contributed by atoms with van der Waals surface area (Å²) in [4.78, 5) is 12.3. The number of likely N-dealkylation sites (tertiary alicyclic amines) is 5. The van der Waals surface area contributed by atoms with Crippen molar-refractivity contribution >= 4 is 0 Å². The molecular formula is C103H149N5O23. The van der Waals surface area contributed by atoms with Crippen LogP contribution in [-0.2, 0) is 121 Å². The van der Waals surface area contributed by atoms with Gasteiger partial charge in [0.1, 0.15) is 23.7 Å². The summed E-state index contributed by atoms with van der Waals surface area (Å²) in [5.74, 6) is 4.71. The van der Waals surface area contributed by atoms with Gasteiger partial charge >= 0.3 is 0 Å². The molecule has 12 unspecified atom stereocenters. The molecule has 5 heterocycles. The van der Waals surface area contributed by atoms with E-state index >= 15 is 0 Å². The smallest absolute Gasteiger partial charge is 0.194 e. The molecule has 28 heteroatoms. The Balaban J connectivity index is 0.000000120. The minimum Gasteiger partial charge on any atom is -0.504 e. The molecule has 0 radical (unpaired) electrons. The van der Waals surface area contributed by atoms with Gasteiger partial charge in [-0.05, 0) is 246 Å². The number of hydrogen-bond donors (Lipinski definition) is 5. The molecular weight excluding hydrogens is 1680 g/mol. The van der Waals surface area contributed by atoms with Crippen molar-refractivity contribution in [1.29, 1.82) is 0 Å². The summed E-state index contributed by atoms with van der Waals surface area (Å²) in [5, 5.41) is 55.5. The summed E-state index contributed by atoms with van der Waals surface area (Å²) in [6.07, 6.45) is 18.9. The molecule has 0 spiro atoms. The fourth-order valence-corrected chi connectivity index (χ4v) is 30.0. The summed E-state index contributed by atoms with van der Waals surface area (Å²) in [6, 6.07) is 21.9. The van der Waals surface area contributed by atoms with Crippen LogP contribution in [0.3, 0.4) is 0 Å². The first-order chi connectivity index (χ1) is 62.9. The van der Waals surface area contributed by atoms with Gasteiger partial charge in [0, 0.05) is 203 Å². The standard InChI is InChI=1S/3C21H31NO5.C20H27NO4.C20H29NO4/c1-22-9-8-20-12-17(25-3)21(26-4,27-5)11-14(20)15(22)10-13-6-7-16(24-2)19(23)18(13)20;1-22-9-8-20-12-21(26-4,27-5)17(25-3)11-14(20)15(22)10-13-6-7-16(24-2)19(23)18(13)20;1-22-11-10-19-8-9-20(25-3,26-4)13-21(19,27-5)16(22)12-14-6-7-15(24-2)18(23)17(14)19;1-21-10-9-20-13(6-8-16(24-3)19(20)25-4)14(21)11-12-5-7-15(23-2)18(22)17(12)20;1-21-10-9-19-12-20(24-3,25-4)8-7-14(19)15(21)11-13-5-6-16(23-2)18(22)17(13)19/h2*6-7,14-15,17,23H,8-12H2,1-5H3;6-7,16,23H,8-13H2,1-5H3;5,7,13-14,22H,6,8-11H2,1-4H3;5-6,14-15,22H,7-12H2,1-4H3/t2*14?,15?,17?,20-;16?,19-,21?;13?,14?,20-;14?,15?,19-/m11111/s1. The van der Waals surface area contributed by atoms with Crippen molar-refractivity contribution in [2.24, 2.45) is 23.7 Å². The molecule has 28 nitrogen and oxygen atoms in total. The maximum absolute atomic E-state index is 11.1. The van der Waals surface area contributed by atoms with E-state index in [1.807, 2.05) is 30.3 Å². The largest absolute Gasteiger partial charge is 0.504 e. The highest BCUT2D eigenvalue weighted by Crippen LogP contribution is 2.69. The Hall–Kier alpha value is -7.20. The Morgan fingerprint density at radius 2 is 0.718 bits per heavy atom. The predicted octanol–water partition coefficient (Wildman–Crippen LogP) is 12.6. The summed E-state index contributed by atoms with van der Waals surface area (Å²) < 4.78 is 104. The van der Waals surface area contributed by atoms with E-state index in [9.17, 15) is 25.5 Å². The Bertz CT molecular complexity index is 4980. The Morgan fingerprint density at radius 3 is 1.17 bits per heavy atom. The number of methoxy groups -OCH3 is 18. The minimum atomic E-state index is -0.824. The lowest BCUT2D eigenvalue weighted by atomic mass is 9.48. The zero-order chi connectivity index (χ0) is 93.8. The number of phenols is 5. The molecule has 5 aliphatic heterocycles. The third kappa shape index (κ3) is 14.6. The van der Waals surface area contributed by atoms with Gasteiger partial charge < -0.3 is 135 Å². The lowest BCUT2D eigenvalue weighted by Crippen LogP contribution is -2.75. The highest BCUT2D eigenvalue weighted by molar-refractivity contribution is 5.63. The van der Waals surface area contributed by atoms with Crippen LogP contribution >= 0.6 is 0 Å². The number of piperidine rings is 5. The van der Waals surface area contributed by atoms with E-state index in [2.05, 4.69) is 90.1 Å². The monoisotopic (exact) mass is 1820 g/mol. The first-order valence-corrected chi connectivity index (χ1v) is 47.2. The number of nitrogens with zero attached hydrogens (tertiary/aromatic N) is 5. The number of allylic oxidation sites excluding steroid dienone is 2. The summed E-state index contributed by atoms with van der Waals surface area (Å²) in [7, 11) is 41.4. The molecule has 15 aliphatic rings. The van der Waals surface area contributed by atoms with Crippen molar-refractivity contribution < 1.29 is 111 Å². The number of aromatic hydroxyl groups is 5. The first-order valence-electron chi connectivity index (χ1n) is 47.2. The SMILES string of the molecule is COC1=C(OC)[C@@]23CCN(C)C(Cc4ccc(OC)c(O)c42)C3CC1.COc1ccc2c(c1O)[C@@]13CCN(C)C(C2)C1(OC)CC(OC)(OC)CC3.COc1ccc2c(c1O)[C@@]13CCN(C)C(C2)C1CC(OC)(OC)C(OC)C3.COc1ccc2c(c1O)[C@@]13CCN(C)C(C2)C1CC(OC)C(OC)(OC)C3.COc1ccc2c(c1O)[C@@]13CCN(C)C(C2)C1CCC(OC)(OC)C3. The van der Waals surface area contributed by atoms with E-state index in [0.29, 0.717) is 101 Å². The molecule has 10 bridgehead atoms. The van der Waals surface area contributed by atoms with Crippen LogP contribution < -0.4 is 23.7 Å². The zero-order valence-electron chi connectivity index (χ0n) is 82.0. The number of fused-ring (bicyclic) bond motifs is 5. The van der Waals surface area contributed by atoms with E-state index in [0.717, 1.165) is 200 Å². The first kappa shape index (κ1) is 96.9. The second-order valence-corrected chi connectivity index (χ2v) is 40.2. The molecule has 5 aromatic carbocycles. The van der Waals surface area contributed by atoms with E-state index in [1.165, 1.54) is 27.8 Å². The van der Waals surface area contributed by atoms with E-state index < -0.39 is 28.7 Å². The van der Waals surface area contributed by atoms with Crippen LogP contribution in [0.4, 0.5) is 0 Å². The third-order valence-corrected chi connectivity index (χ3v) is 36.6. The third-order valence-electron chi connectivity index (χ3n) is 36.6. The molecule has 0 amide bonds. The highest BCUT2D eigenvalue weighted by Gasteiger charge is 2.71. The molecule has 20 rings (SSSR count). The maximum atomic E-state index is 11.1. The van der Waals surface area contributed by atoms with Crippen LogP contribution in [0.25, 0.3) is 0 Å². The van der Waals surface area contributed by atoms with E-state index in [-0.39, 0.29) is 62.6 Å². The van der Waals surface area contributed by atoms with Gasteiger partial charge in [-0.25, -0.2) is 0 Å². The lowest BCUT2D eigenvalue weighted by Gasteiger charge is -2.66. The van der Waals surface area contributed by atoms with Crippen LogP contribution in [0.15, 0.2) is 72.2 Å². The summed E-state index contributed by atoms with van der Waals surface area (Å²) >= 11 is 0. The van der Waals surface area contributed by atoms with Crippen LogP contribution in [0.2, 0.25) is 0 Å². The number of ether oxygens (including phenoxy) is 18. The second kappa shape index (κ2) is 37.0. The molecule has 5 saturated heterocycles. The van der Waals surface area contributed by atoms with E-state index in [1.54, 1.807) is 128 Å². The number of hydrogen-bond acceptors (Lipinski definition) is 28. The van der Waals surface area contributed by atoms with Crippen molar-refractivity contribution in [2.45, 2.75) is 239 Å². The van der Waals surface area contributed by atoms with Crippen LogP contribution in [0.1, 0.15) is 165 Å². The molecule has 724 valence electrons. The van der Waals surface area contributed by atoms with Gasteiger partial charge in [-0.1, -0.05) is 30.3 Å². The van der Waals surface area contributed by atoms with Gasteiger partial charge in [-0.3, -0.25) is 0 Å². The second-order valence-electron chi connectivity index (χ2n) is 40.2. The zero-order valence-corrected chi connectivity index (χ0v) is 82.0. The molecule has 9 fully saturated rings. The summed E-state index contributed by atoms with van der Waals surface area (Å²) in [6.45, 7) is 4.96. The van der Waals surface area contributed by atoms with Gasteiger partial charge in [-0.2, -0.15) is 0 Å². The average Bonchev–Trinajstić information content (AvgIpc) is 0.664. The van der Waals surface area contributed by atoms with Crippen molar-refractivity contribution in [3.8, 4) is 57.5 Å². The highest BCUT2D eigenvalue weighted by atomic mass is 16.7. The molecule has 0 aromatic heterocycles. The molecule has 5 aromatic rings. The van der Waals surface area contributed by atoms with Crippen molar-refractivity contribution in [3.63, 3.8) is 0 Å². The number of rotatable bonds is 18. The number of likely N-dealkylation sites (N-methyl/N-ethyl adjacent to an activating group) is 5. The Morgan fingerprint density at radius 1 is 0.313 bits per heavy atom. The van der Waals surface area contributed by atoms with Crippen LogP contribution in [0.5, 0.6) is 57.5 Å². The van der Waals surface area contributed by atoms with Crippen LogP contribution in [-0.4, -0.2) is 317 Å². The fourth-order valence-electron chi connectivity index (χ4n) is 30.0. The normalized spacial score (nSPS) is 33.7. The lowest BCUT2D eigenvalue weighted by molar-refractivity contribution is -0.302. The van der Waals surface area contributed by atoms with Crippen molar-refractivity contribution in [3.05, 3.63) is 128 Å². The van der Waals surface area contributed by atoms with Crippen molar-refractivity contribution in [2.75, 3.05) is 196 Å². The van der Waals surface area contributed by atoms with Crippen molar-refractivity contribution in [1.82, 2.24) is 24.5 Å². The summed E-state index contributed by atoms with van der Waals surface area (Å²) in [5.41, 5.74) is 9.61. The van der Waals surface area contributed by atoms with Crippen LogP contribution in [0, 0.1) is 23.7 Å².